The largest absolute Gasteiger partial charge is 0.460 e. The van der Waals surface area contributed by atoms with Crippen LogP contribution in [0.25, 0.3) is 28.5 Å². The van der Waals surface area contributed by atoms with Gasteiger partial charge in [0.2, 0.25) is 10.0 Å². The third-order valence-electron chi connectivity index (χ3n) is 8.26. The van der Waals surface area contributed by atoms with Crippen molar-refractivity contribution in [2.24, 2.45) is 5.14 Å². The monoisotopic (exact) mass is 664 g/mol. The van der Waals surface area contributed by atoms with Crippen molar-refractivity contribution >= 4 is 22.1 Å². The molecule has 2 heterocycles. The Morgan fingerprint density at radius 3 is 2.47 bits per heavy atom. The SMILES string of the molecule is CC(C)c1nc2c(c(-c3ccc(F)cc3)c1C=C[C@@H]1C[C@H](CC(=O)OC(C)(C)C)OC(C)(C)O1)CCCc1ccc(S(N)(=O)=O)cc1-2. The average Bonchev–Trinajstić information content (AvgIpc) is 3.12. The third-order valence-corrected chi connectivity index (χ3v) is 9.17. The first-order valence-corrected chi connectivity index (χ1v) is 17.7. The molecule has 1 fully saturated rings. The highest BCUT2D eigenvalue weighted by molar-refractivity contribution is 7.89. The number of pyridine rings is 1. The number of ether oxygens (including phenoxy) is 3. The number of fused-ring (bicyclic) bond motifs is 3. The molecule has 0 amide bonds. The van der Waals surface area contributed by atoms with Crippen molar-refractivity contribution in [3.63, 3.8) is 0 Å². The van der Waals surface area contributed by atoms with Gasteiger partial charge in [0.1, 0.15) is 11.4 Å². The van der Waals surface area contributed by atoms with Crippen molar-refractivity contribution in [3.8, 4) is 22.4 Å². The summed E-state index contributed by atoms with van der Waals surface area (Å²) in [5.74, 6) is -1.62. The maximum Gasteiger partial charge on any atom is 0.308 e. The fourth-order valence-corrected chi connectivity index (χ4v) is 7.01. The molecule has 1 aliphatic heterocycles. The van der Waals surface area contributed by atoms with E-state index in [9.17, 15) is 17.6 Å². The number of hydrogen-bond donors (Lipinski definition) is 1. The Bertz CT molecular complexity index is 1790. The van der Waals surface area contributed by atoms with Crippen molar-refractivity contribution in [1.82, 2.24) is 4.98 Å². The fourth-order valence-electron chi connectivity index (χ4n) is 6.47. The van der Waals surface area contributed by atoms with Gasteiger partial charge in [-0.3, -0.25) is 9.78 Å². The van der Waals surface area contributed by atoms with E-state index < -0.39 is 27.5 Å². The normalized spacial score (nSPS) is 19.7. The van der Waals surface area contributed by atoms with Gasteiger partial charge >= 0.3 is 5.97 Å². The number of hydrogen-bond acceptors (Lipinski definition) is 7. The molecule has 1 aromatic heterocycles. The lowest BCUT2D eigenvalue weighted by Crippen LogP contribution is -2.45. The van der Waals surface area contributed by atoms with Crippen LogP contribution in [0.5, 0.6) is 0 Å². The maximum atomic E-state index is 14.2. The number of aryl methyl sites for hydroxylation is 1. The molecule has 0 radical (unpaired) electrons. The van der Waals surface area contributed by atoms with Crippen LogP contribution in [0.2, 0.25) is 0 Å². The van der Waals surface area contributed by atoms with Gasteiger partial charge in [0, 0.05) is 17.5 Å². The van der Waals surface area contributed by atoms with Gasteiger partial charge in [0.15, 0.2) is 5.79 Å². The summed E-state index contributed by atoms with van der Waals surface area (Å²) in [6.45, 7) is 13.3. The quantitative estimate of drug-likeness (QED) is 0.260. The minimum absolute atomic E-state index is 0.0146. The summed E-state index contributed by atoms with van der Waals surface area (Å²) in [6.07, 6.45) is 6.03. The van der Waals surface area contributed by atoms with E-state index in [2.05, 4.69) is 13.8 Å². The number of nitrogens with zero attached hydrogens (tertiary/aromatic N) is 1. The summed E-state index contributed by atoms with van der Waals surface area (Å²) in [5, 5.41) is 5.54. The lowest BCUT2D eigenvalue weighted by Gasteiger charge is -2.40. The van der Waals surface area contributed by atoms with E-state index in [1.165, 1.54) is 12.1 Å². The predicted octanol–water partition coefficient (Wildman–Crippen LogP) is 7.47. The smallest absolute Gasteiger partial charge is 0.308 e. The van der Waals surface area contributed by atoms with E-state index >= 15 is 0 Å². The van der Waals surface area contributed by atoms with Gasteiger partial charge in [-0.2, -0.15) is 0 Å². The highest BCUT2D eigenvalue weighted by atomic mass is 32.2. The van der Waals surface area contributed by atoms with E-state index in [1.807, 2.05) is 52.8 Å². The zero-order chi connectivity index (χ0) is 34.3. The van der Waals surface area contributed by atoms with E-state index in [4.69, 9.17) is 24.3 Å². The summed E-state index contributed by atoms with van der Waals surface area (Å²) in [5.41, 5.74) is 6.25. The highest BCUT2D eigenvalue weighted by Crippen LogP contribution is 2.43. The van der Waals surface area contributed by atoms with Gasteiger partial charge < -0.3 is 14.2 Å². The molecule has 2 atom stereocenters. The van der Waals surface area contributed by atoms with Crippen LogP contribution < -0.4 is 5.14 Å². The van der Waals surface area contributed by atoms with Gasteiger partial charge in [-0.05, 0) is 106 Å². The van der Waals surface area contributed by atoms with E-state index in [-0.39, 0.29) is 35.1 Å². The standard InChI is InChI=1S/C37H45FN2O6S/c1-22(2)34-30(18-16-26-19-27(45-37(6,7)44-26)20-32(41)46-36(3,4)5)33(24-11-14-25(38)15-12-24)29-10-8-9-23-13-17-28(47(39,42)43)21-31(23)35(29)40-34/h11-18,21-22,26-27H,8-10,19-20H2,1-7H3,(H2,39,42,43)/t26-,27-/m1/s1. The van der Waals surface area contributed by atoms with Crippen LogP contribution in [0.1, 0.15) is 96.0 Å². The first-order chi connectivity index (χ1) is 21.9. The first-order valence-electron chi connectivity index (χ1n) is 16.1. The Hall–Kier alpha value is -3.44. The lowest BCUT2D eigenvalue weighted by molar-refractivity contribution is -0.290. The maximum absolute atomic E-state index is 14.2. The number of halogens is 1. The minimum atomic E-state index is -3.94. The molecule has 8 nitrogen and oxygen atoms in total. The van der Waals surface area contributed by atoms with Crippen molar-refractivity contribution < 1.29 is 31.8 Å². The molecule has 5 rings (SSSR count). The molecule has 0 saturated carbocycles. The summed E-state index contributed by atoms with van der Waals surface area (Å²) in [6, 6.07) is 11.4. The van der Waals surface area contributed by atoms with Gasteiger partial charge in [-0.25, -0.2) is 17.9 Å². The van der Waals surface area contributed by atoms with E-state index in [1.54, 1.807) is 24.3 Å². The molecule has 47 heavy (non-hydrogen) atoms. The minimum Gasteiger partial charge on any atom is -0.460 e. The number of primary sulfonamides is 1. The molecular weight excluding hydrogens is 619 g/mol. The Labute approximate surface area is 277 Å². The zero-order valence-corrected chi connectivity index (χ0v) is 29.0. The van der Waals surface area contributed by atoms with Crippen LogP contribution in [0.4, 0.5) is 4.39 Å². The summed E-state index contributed by atoms with van der Waals surface area (Å²) < 4.78 is 56.9. The fraction of sp³-hybridized carbons (Fsp3) is 0.459. The lowest BCUT2D eigenvalue weighted by atomic mass is 9.86. The average molecular weight is 665 g/mol. The molecule has 10 heteroatoms. The van der Waals surface area contributed by atoms with Crippen molar-refractivity contribution in [1.29, 1.82) is 0 Å². The Kier molecular flexibility index (Phi) is 9.81. The topological polar surface area (TPSA) is 118 Å². The summed E-state index contributed by atoms with van der Waals surface area (Å²) in [7, 11) is -3.94. The Morgan fingerprint density at radius 2 is 1.83 bits per heavy atom. The van der Waals surface area contributed by atoms with E-state index in [0.717, 1.165) is 51.9 Å². The van der Waals surface area contributed by atoms with Crippen LogP contribution in [-0.2, 0) is 41.9 Å². The van der Waals surface area contributed by atoms with E-state index in [0.29, 0.717) is 18.5 Å². The molecule has 2 aromatic carbocycles. The Morgan fingerprint density at radius 1 is 1.13 bits per heavy atom. The summed E-state index contributed by atoms with van der Waals surface area (Å²) in [4.78, 5) is 17.9. The van der Waals surface area contributed by atoms with Crippen molar-refractivity contribution in [3.05, 3.63) is 76.7 Å². The molecule has 252 valence electrons. The van der Waals surface area contributed by atoms with Gasteiger partial charge in [0.25, 0.3) is 0 Å². The molecular formula is C37H45FN2O6S. The second-order valence-corrected chi connectivity index (χ2v) is 15.7. The van der Waals surface area contributed by atoms with Crippen LogP contribution in [-0.4, -0.2) is 43.0 Å². The number of benzene rings is 2. The molecule has 2 N–H and O–H groups in total. The van der Waals surface area contributed by atoms with Gasteiger partial charge in [-0.15, -0.1) is 0 Å². The number of aromatic nitrogens is 1. The molecule has 1 aliphatic carbocycles. The van der Waals surface area contributed by atoms with Gasteiger partial charge in [-0.1, -0.05) is 44.2 Å². The van der Waals surface area contributed by atoms with Crippen molar-refractivity contribution in [2.45, 2.75) is 115 Å². The van der Waals surface area contributed by atoms with Crippen LogP contribution in [0.3, 0.4) is 0 Å². The molecule has 2 aliphatic rings. The Balaban J connectivity index is 1.64. The molecule has 1 saturated heterocycles. The predicted molar refractivity (Wildman–Crippen MR) is 180 cm³/mol. The van der Waals surface area contributed by atoms with Crippen LogP contribution in [0, 0.1) is 5.82 Å². The third kappa shape index (κ3) is 8.35. The first kappa shape index (κ1) is 34.9. The number of carbonyl (C=O) groups excluding carboxylic acids is 1. The zero-order valence-electron chi connectivity index (χ0n) is 28.2. The van der Waals surface area contributed by atoms with Crippen LogP contribution >= 0.6 is 0 Å². The number of nitrogens with two attached hydrogens (primary N) is 1. The molecule has 0 spiro atoms. The number of sulfonamides is 1. The number of rotatable bonds is 7. The molecule has 0 unspecified atom stereocenters. The number of carbonyl (C=O) groups is 1. The highest BCUT2D eigenvalue weighted by Gasteiger charge is 2.36. The summed E-state index contributed by atoms with van der Waals surface area (Å²) >= 11 is 0. The second kappa shape index (κ2) is 13.2. The second-order valence-electron chi connectivity index (χ2n) is 14.2. The van der Waals surface area contributed by atoms with Gasteiger partial charge in [0.05, 0.1) is 34.9 Å². The van der Waals surface area contributed by atoms with Crippen LogP contribution in [0.15, 0.2) is 53.4 Å². The van der Waals surface area contributed by atoms with Crippen molar-refractivity contribution in [2.75, 3.05) is 0 Å². The number of esters is 1. The molecule has 3 aromatic rings. The molecule has 0 bridgehead atoms.